The molecule has 1 heterocycles. The largest absolute Gasteiger partial charge is 0.313 e. The molecule has 1 N–H and O–H groups in total. The minimum atomic E-state index is 0.984. The summed E-state index contributed by atoms with van der Waals surface area (Å²) < 4.78 is 0. The predicted octanol–water partition coefficient (Wildman–Crippen LogP) is 4.23. The van der Waals surface area contributed by atoms with Crippen molar-refractivity contribution in [3.63, 3.8) is 0 Å². The van der Waals surface area contributed by atoms with Crippen molar-refractivity contribution >= 4 is 10.9 Å². The molecule has 0 saturated heterocycles. The van der Waals surface area contributed by atoms with Gasteiger partial charge in [-0.1, -0.05) is 6.92 Å². The van der Waals surface area contributed by atoms with Gasteiger partial charge in [0, 0.05) is 17.6 Å². The van der Waals surface area contributed by atoms with Crippen LogP contribution in [0.5, 0.6) is 0 Å². The normalized spacial score (nSPS) is 14.4. The number of nitrogens with zero attached hydrogens (tertiary/aromatic N) is 1. The summed E-state index contributed by atoms with van der Waals surface area (Å²) in [5.74, 6) is 0. The van der Waals surface area contributed by atoms with E-state index >= 15 is 0 Å². The number of pyridine rings is 1. The van der Waals surface area contributed by atoms with E-state index < -0.39 is 0 Å². The number of nitrogens with one attached hydrogen (secondary N) is 1. The summed E-state index contributed by atoms with van der Waals surface area (Å²) in [7, 11) is 0. The van der Waals surface area contributed by atoms with Crippen LogP contribution in [0.4, 0.5) is 0 Å². The van der Waals surface area contributed by atoms with Crippen LogP contribution in [0.25, 0.3) is 10.9 Å². The van der Waals surface area contributed by atoms with Crippen molar-refractivity contribution in [3.05, 3.63) is 40.1 Å². The molecule has 0 bridgehead atoms. The van der Waals surface area contributed by atoms with Crippen molar-refractivity contribution < 1.29 is 0 Å². The maximum atomic E-state index is 4.98. The van der Waals surface area contributed by atoms with E-state index in [-0.39, 0.29) is 0 Å². The highest BCUT2D eigenvalue weighted by atomic mass is 14.8. The summed E-state index contributed by atoms with van der Waals surface area (Å²) in [6, 6.07) is 4.61. The van der Waals surface area contributed by atoms with E-state index in [1.54, 1.807) is 0 Å². The van der Waals surface area contributed by atoms with Gasteiger partial charge in [0.2, 0.25) is 0 Å². The minimum Gasteiger partial charge on any atom is -0.313 e. The maximum absolute atomic E-state index is 4.98. The van der Waals surface area contributed by atoms with Gasteiger partial charge in [-0.15, -0.1) is 0 Å². The van der Waals surface area contributed by atoms with Crippen LogP contribution in [0, 0.1) is 13.8 Å². The fourth-order valence-corrected chi connectivity index (χ4v) is 3.37. The Morgan fingerprint density at radius 3 is 2.67 bits per heavy atom. The van der Waals surface area contributed by atoms with E-state index in [0.29, 0.717) is 0 Å². The van der Waals surface area contributed by atoms with E-state index in [1.165, 1.54) is 64.5 Å². The van der Waals surface area contributed by atoms with Crippen LogP contribution >= 0.6 is 0 Å². The minimum absolute atomic E-state index is 0.984. The highest BCUT2D eigenvalue weighted by molar-refractivity contribution is 5.85. The Hall–Kier alpha value is -1.41. The fourth-order valence-electron chi connectivity index (χ4n) is 3.37. The van der Waals surface area contributed by atoms with Gasteiger partial charge in [-0.25, -0.2) is 0 Å². The summed E-state index contributed by atoms with van der Waals surface area (Å²) in [6.45, 7) is 8.68. The van der Waals surface area contributed by atoms with Crippen LogP contribution < -0.4 is 5.32 Å². The van der Waals surface area contributed by atoms with Gasteiger partial charge in [0.25, 0.3) is 0 Å². The van der Waals surface area contributed by atoms with Gasteiger partial charge in [-0.2, -0.15) is 0 Å². The lowest BCUT2D eigenvalue weighted by atomic mass is 9.89. The number of benzene rings is 1. The quantitative estimate of drug-likeness (QED) is 0.849. The zero-order valence-electron chi connectivity index (χ0n) is 13.6. The number of hydrogen-bond donors (Lipinski definition) is 1. The molecular weight excluding hydrogens is 256 g/mol. The van der Waals surface area contributed by atoms with Gasteiger partial charge < -0.3 is 5.32 Å². The topological polar surface area (TPSA) is 24.9 Å². The molecule has 2 heteroatoms. The van der Waals surface area contributed by atoms with Gasteiger partial charge in [0.05, 0.1) is 5.52 Å². The molecule has 0 fully saturated rings. The van der Waals surface area contributed by atoms with Crippen LogP contribution in [0.3, 0.4) is 0 Å². The molecule has 2 nitrogen and oxygen atoms in total. The molecule has 3 rings (SSSR count). The Morgan fingerprint density at radius 2 is 1.86 bits per heavy atom. The van der Waals surface area contributed by atoms with E-state index in [1.807, 2.05) is 0 Å². The Kier molecular flexibility index (Phi) is 4.25. The molecule has 0 amide bonds. The van der Waals surface area contributed by atoms with Crippen LogP contribution in [-0.2, 0) is 19.4 Å². The van der Waals surface area contributed by atoms with Gasteiger partial charge >= 0.3 is 0 Å². The van der Waals surface area contributed by atoms with Gasteiger partial charge in [-0.05, 0) is 86.9 Å². The first-order valence-electron chi connectivity index (χ1n) is 8.33. The fraction of sp³-hybridized carbons (Fsp3) is 0.526. The second-order valence-corrected chi connectivity index (χ2v) is 6.35. The van der Waals surface area contributed by atoms with Crippen molar-refractivity contribution in [2.45, 2.75) is 59.4 Å². The molecule has 2 aromatic rings. The molecule has 21 heavy (non-hydrogen) atoms. The number of aromatic nitrogens is 1. The molecule has 0 radical (unpaired) electrons. The van der Waals surface area contributed by atoms with E-state index in [9.17, 15) is 0 Å². The lowest BCUT2D eigenvalue weighted by molar-refractivity contribution is 0.640. The Labute approximate surface area is 128 Å². The first-order chi connectivity index (χ1) is 10.2. The third-order valence-electron chi connectivity index (χ3n) is 4.72. The zero-order valence-corrected chi connectivity index (χ0v) is 13.6. The van der Waals surface area contributed by atoms with Crippen LogP contribution in [-0.4, -0.2) is 11.5 Å². The Balaban J connectivity index is 2.15. The Morgan fingerprint density at radius 1 is 1.10 bits per heavy atom. The van der Waals surface area contributed by atoms with Crippen molar-refractivity contribution in [2.75, 3.05) is 6.54 Å². The summed E-state index contributed by atoms with van der Waals surface area (Å²) in [5.41, 5.74) is 8.29. The molecule has 1 aliphatic rings. The predicted molar refractivity (Wildman–Crippen MR) is 89.9 cm³/mol. The molecule has 112 valence electrons. The molecule has 0 spiro atoms. The van der Waals surface area contributed by atoms with Gasteiger partial charge in [0.15, 0.2) is 0 Å². The van der Waals surface area contributed by atoms with Gasteiger partial charge in [-0.3, -0.25) is 4.98 Å². The second kappa shape index (κ2) is 6.15. The van der Waals surface area contributed by atoms with Crippen molar-refractivity contribution in [2.24, 2.45) is 0 Å². The number of aryl methyl sites for hydroxylation is 3. The number of hydrogen-bond acceptors (Lipinski definition) is 2. The lowest BCUT2D eigenvalue weighted by Crippen LogP contribution is -2.18. The van der Waals surface area contributed by atoms with Crippen molar-refractivity contribution in [1.29, 1.82) is 0 Å². The summed E-state index contributed by atoms with van der Waals surface area (Å²) in [5, 5.41) is 4.96. The molecule has 0 atom stereocenters. The summed E-state index contributed by atoms with van der Waals surface area (Å²) >= 11 is 0. The third kappa shape index (κ3) is 2.82. The molecule has 1 aromatic heterocycles. The number of fused-ring (bicyclic) bond motifs is 2. The smallest absolute Gasteiger partial charge is 0.0711 e. The standard InChI is InChI=1S/C19H26N2/c1-4-9-20-12-17-15-7-5-6-8-18(15)21-19-11-14(3)13(2)10-16(17)19/h10-11,20H,4-9,12H2,1-3H3. The molecule has 1 aromatic carbocycles. The molecule has 0 saturated carbocycles. The SMILES string of the molecule is CCCNCc1c2c(nc3cc(C)c(C)cc13)CCCC2. The lowest BCUT2D eigenvalue weighted by Gasteiger charge is -2.21. The molecule has 0 unspecified atom stereocenters. The molecule has 0 aliphatic heterocycles. The molecule has 1 aliphatic carbocycles. The first-order valence-corrected chi connectivity index (χ1v) is 8.33. The summed E-state index contributed by atoms with van der Waals surface area (Å²) in [4.78, 5) is 4.98. The first kappa shape index (κ1) is 14.5. The van der Waals surface area contributed by atoms with Crippen LogP contribution in [0.2, 0.25) is 0 Å². The highest BCUT2D eigenvalue weighted by Gasteiger charge is 2.18. The summed E-state index contributed by atoms with van der Waals surface area (Å²) in [6.07, 6.45) is 6.14. The monoisotopic (exact) mass is 282 g/mol. The highest BCUT2D eigenvalue weighted by Crippen LogP contribution is 2.30. The van der Waals surface area contributed by atoms with Crippen molar-refractivity contribution in [3.8, 4) is 0 Å². The van der Waals surface area contributed by atoms with Gasteiger partial charge in [0.1, 0.15) is 0 Å². The molecular formula is C19H26N2. The average molecular weight is 282 g/mol. The van der Waals surface area contributed by atoms with E-state index in [0.717, 1.165) is 19.5 Å². The maximum Gasteiger partial charge on any atom is 0.0711 e. The van der Waals surface area contributed by atoms with E-state index in [4.69, 9.17) is 4.98 Å². The second-order valence-electron chi connectivity index (χ2n) is 6.35. The Bertz CT molecular complexity index is 658. The van der Waals surface area contributed by atoms with Crippen LogP contribution in [0.15, 0.2) is 12.1 Å². The van der Waals surface area contributed by atoms with Crippen LogP contribution in [0.1, 0.15) is 54.1 Å². The van der Waals surface area contributed by atoms with Crippen molar-refractivity contribution in [1.82, 2.24) is 10.3 Å². The zero-order chi connectivity index (χ0) is 14.8. The number of rotatable bonds is 4. The average Bonchev–Trinajstić information content (AvgIpc) is 2.48. The van der Waals surface area contributed by atoms with E-state index in [2.05, 4.69) is 38.2 Å². The third-order valence-corrected chi connectivity index (χ3v) is 4.72.